The van der Waals surface area contributed by atoms with Gasteiger partial charge in [0.05, 0.1) is 11.3 Å². The van der Waals surface area contributed by atoms with Gasteiger partial charge in [0, 0.05) is 23.2 Å². The van der Waals surface area contributed by atoms with Gasteiger partial charge in [0.25, 0.3) is 5.91 Å². The molecule has 108 valence electrons. The first kappa shape index (κ1) is 13.9. The Hall–Kier alpha value is -2.01. The predicted molar refractivity (Wildman–Crippen MR) is 88.3 cm³/mol. The van der Waals surface area contributed by atoms with Crippen molar-refractivity contribution < 1.29 is 4.79 Å². The van der Waals surface area contributed by atoms with Gasteiger partial charge in [0.15, 0.2) is 0 Å². The normalized spacial score (nSPS) is 13.9. The van der Waals surface area contributed by atoms with Crippen LogP contribution in [0.25, 0.3) is 0 Å². The summed E-state index contributed by atoms with van der Waals surface area (Å²) in [6.45, 7) is 1.59. The lowest BCUT2D eigenvalue weighted by molar-refractivity contribution is 0.100. The van der Waals surface area contributed by atoms with E-state index >= 15 is 0 Å². The maximum atomic E-state index is 11.6. The van der Waals surface area contributed by atoms with Crippen LogP contribution in [-0.2, 0) is 13.0 Å². The molecule has 1 aliphatic rings. The molecule has 0 spiro atoms. The van der Waals surface area contributed by atoms with E-state index in [1.54, 1.807) is 6.07 Å². The highest BCUT2D eigenvalue weighted by Crippen LogP contribution is 2.30. The molecule has 1 heterocycles. The topological polar surface area (TPSA) is 72.4 Å². The Kier molecular flexibility index (Phi) is 3.59. The fourth-order valence-corrected chi connectivity index (χ4v) is 3.11. The second kappa shape index (κ2) is 5.41. The summed E-state index contributed by atoms with van der Waals surface area (Å²) >= 11 is 3.46. The first-order chi connectivity index (χ1) is 10.0. The molecule has 2 aromatic carbocycles. The summed E-state index contributed by atoms with van der Waals surface area (Å²) in [6, 6.07) is 11.6. The van der Waals surface area contributed by atoms with Crippen LogP contribution in [0, 0.1) is 0 Å². The molecule has 0 unspecified atom stereocenters. The maximum Gasteiger partial charge on any atom is 0.250 e. The van der Waals surface area contributed by atoms with Crippen LogP contribution in [0.2, 0.25) is 0 Å². The summed E-state index contributed by atoms with van der Waals surface area (Å²) < 4.78 is 0.931. The van der Waals surface area contributed by atoms with Crippen molar-refractivity contribution in [2.24, 2.45) is 5.73 Å². The van der Waals surface area contributed by atoms with E-state index in [2.05, 4.69) is 26.9 Å². The molecule has 0 fully saturated rings. The van der Waals surface area contributed by atoms with Crippen molar-refractivity contribution in [3.05, 3.63) is 57.6 Å². The number of hydrogen-bond donors (Lipinski definition) is 2. The Bertz CT molecular complexity index is 715. The van der Waals surface area contributed by atoms with Gasteiger partial charge >= 0.3 is 0 Å². The number of amides is 1. The Morgan fingerprint density at radius 3 is 2.71 bits per heavy atom. The summed E-state index contributed by atoms with van der Waals surface area (Å²) in [7, 11) is 0. The second-order valence-corrected chi connectivity index (χ2v) is 6.14. The molecule has 0 aromatic heterocycles. The van der Waals surface area contributed by atoms with Crippen LogP contribution in [0.3, 0.4) is 0 Å². The second-order valence-electron chi connectivity index (χ2n) is 5.23. The van der Waals surface area contributed by atoms with Gasteiger partial charge in [-0.15, -0.1) is 0 Å². The fraction of sp³-hybridized carbons (Fsp3) is 0.188. The molecule has 0 aliphatic carbocycles. The molecule has 5 heteroatoms. The third-order valence-electron chi connectivity index (χ3n) is 3.81. The van der Waals surface area contributed by atoms with E-state index in [4.69, 9.17) is 11.5 Å². The summed E-state index contributed by atoms with van der Waals surface area (Å²) in [5.74, 6) is -0.407. The maximum absolute atomic E-state index is 11.6. The Labute approximate surface area is 131 Å². The van der Waals surface area contributed by atoms with Gasteiger partial charge in [-0.05, 0) is 47.9 Å². The third kappa shape index (κ3) is 2.74. The number of nitrogens with two attached hydrogens (primary N) is 2. The van der Waals surface area contributed by atoms with Gasteiger partial charge in [-0.2, -0.15) is 0 Å². The number of fused-ring (bicyclic) bond motifs is 1. The molecule has 1 amide bonds. The Morgan fingerprint density at radius 2 is 1.95 bits per heavy atom. The molecule has 0 atom stereocenters. The van der Waals surface area contributed by atoms with Crippen molar-refractivity contribution in [1.82, 2.24) is 0 Å². The molecule has 0 saturated carbocycles. The average Bonchev–Trinajstić information content (AvgIpc) is 2.46. The monoisotopic (exact) mass is 345 g/mol. The summed E-state index contributed by atoms with van der Waals surface area (Å²) in [6.07, 6.45) is 0.931. The lowest BCUT2D eigenvalue weighted by Gasteiger charge is -2.32. The van der Waals surface area contributed by atoms with Crippen LogP contribution in [-0.4, -0.2) is 12.5 Å². The van der Waals surface area contributed by atoms with Crippen LogP contribution < -0.4 is 16.4 Å². The SMILES string of the molecule is NC(=O)c1ccc(Br)cc1N1CCc2ccc(N)cc2C1. The van der Waals surface area contributed by atoms with E-state index in [0.29, 0.717) is 5.56 Å². The molecule has 0 bridgehead atoms. The highest BCUT2D eigenvalue weighted by atomic mass is 79.9. The minimum atomic E-state index is -0.407. The van der Waals surface area contributed by atoms with Crippen LogP contribution in [0.5, 0.6) is 0 Å². The minimum absolute atomic E-state index is 0.407. The number of nitrogens with zero attached hydrogens (tertiary/aromatic N) is 1. The average molecular weight is 346 g/mol. The Balaban J connectivity index is 1.99. The number of primary amides is 1. The quantitative estimate of drug-likeness (QED) is 0.822. The predicted octanol–water partition coefficient (Wildman–Crippen LogP) is 2.69. The highest BCUT2D eigenvalue weighted by Gasteiger charge is 2.20. The molecule has 4 nitrogen and oxygen atoms in total. The first-order valence-corrected chi connectivity index (χ1v) is 7.55. The van der Waals surface area contributed by atoms with Crippen molar-refractivity contribution in [3.8, 4) is 0 Å². The number of nitrogen functional groups attached to an aromatic ring is 1. The summed E-state index contributed by atoms with van der Waals surface area (Å²) in [5, 5.41) is 0. The van der Waals surface area contributed by atoms with E-state index < -0.39 is 5.91 Å². The number of halogens is 1. The first-order valence-electron chi connectivity index (χ1n) is 6.76. The number of anilines is 2. The van der Waals surface area contributed by atoms with Gasteiger partial charge in [0.1, 0.15) is 0 Å². The molecule has 2 aromatic rings. The standard InChI is InChI=1S/C16H16BrN3O/c17-12-2-4-14(16(19)21)15(8-12)20-6-5-10-1-3-13(18)7-11(10)9-20/h1-4,7-8H,5-6,9,18H2,(H2,19,21). The van der Waals surface area contributed by atoms with E-state index in [9.17, 15) is 4.79 Å². The number of rotatable bonds is 2. The summed E-state index contributed by atoms with van der Waals surface area (Å²) in [5.41, 5.74) is 16.1. The zero-order valence-corrected chi connectivity index (χ0v) is 13.1. The lowest BCUT2D eigenvalue weighted by Crippen LogP contribution is -2.32. The smallest absolute Gasteiger partial charge is 0.250 e. The third-order valence-corrected chi connectivity index (χ3v) is 4.30. The van der Waals surface area contributed by atoms with Gasteiger partial charge in [-0.3, -0.25) is 4.79 Å². The van der Waals surface area contributed by atoms with Crippen LogP contribution in [0.1, 0.15) is 21.5 Å². The highest BCUT2D eigenvalue weighted by molar-refractivity contribution is 9.10. The van der Waals surface area contributed by atoms with E-state index in [-0.39, 0.29) is 0 Å². The van der Waals surface area contributed by atoms with Crippen molar-refractivity contribution >= 4 is 33.2 Å². The zero-order valence-electron chi connectivity index (χ0n) is 11.5. The Morgan fingerprint density at radius 1 is 1.14 bits per heavy atom. The molecular weight excluding hydrogens is 330 g/mol. The van der Waals surface area contributed by atoms with Crippen molar-refractivity contribution in [2.75, 3.05) is 17.2 Å². The van der Waals surface area contributed by atoms with Crippen LogP contribution >= 0.6 is 15.9 Å². The van der Waals surface area contributed by atoms with Gasteiger partial charge in [-0.25, -0.2) is 0 Å². The number of carbonyl (C=O) groups excluding carboxylic acids is 1. The fourth-order valence-electron chi connectivity index (χ4n) is 2.76. The molecule has 0 radical (unpaired) electrons. The lowest BCUT2D eigenvalue weighted by atomic mass is 9.98. The van der Waals surface area contributed by atoms with Crippen molar-refractivity contribution in [2.45, 2.75) is 13.0 Å². The molecule has 21 heavy (non-hydrogen) atoms. The molecular formula is C16H16BrN3O. The van der Waals surface area contributed by atoms with Crippen LogP contribution in [0.4, 0.5) is 11.4 Å². The zero-order chi connectivity index (χ0) is 15.0. The van der Waals surface area contributed by atoms with Gasteiger partial charge < -0.3 is 16.4 Å². The van der Waals surface area contributed by atoms with Crippen LogP contribution in [0.15, 0.2) is 40.9 Å². The molecule has 3 rings (SSSR count). The number of benzene rings is 2. The molecule has 1 aliphatic heterocycles. The van der Waals surface area contributed by atoms with Gasteiger partial charge in [0.2, 0.25) is 0 Å². The van der Waals surface area contributed by atoms with E-state index in [1.165, 1.54) is 11.1 Å². The summed E-state index contributed by atoms with van der Waals surface area (Å²) in [4.78, 5) is 13.8. The molecule has 0 saturated heterocycles. The number of hydrogen-bond acceptors (Lipinski definition) is 3. The number of carbonyl (C=O) groups is 1. The van der Waals surface area contributed by atoms with Crippen molar-refractivity contribution in [1.29, 1.82) is 0 Å². The molecule has 4 N–H and O–H groups in total. The van der Waals surface area contributed by atoms with Crippen molar-refractivity contribution in [3.63, 3.8) is 0 Å². The van der Waals surface area contributed by atoms with E-state index in [0.717, 1.165) is 35.4 Å². The minimum Gasteiger partial charge on any atom is -0.399 e. The van der Waals surface area contributed by atoms with E-state index in [1.807, 2.05) is 24.3 Å². The van der Waals surface area contributed by atoms with Gasteiger partial charge in [-0.1, -0.05) is 22.0 Å². The largest absolute Gasteiger partial charge is 0.399 e.